The Morgan fingerprint density at radius 2 is 1.78 bits per heavy atom. The highest BCUT2D eigenvalue weighted by Crippen LogP contribution is 2.13. The minimum absolute atomic E-state index is 0.0800. The van der Waals surface area contributed by atoms with Crippen LogP contribution in [0.1, 0.15) is 16.8 Å². The molecule has 0 unspecified atom stereocenters. The Hall–Kier alpha value is -1.55. The van der Waals surface area contributed by atoms with Crippen molar-refractivity contribution >= 4 is 11.6 Å². The summed E-state index contributed by atoms with van der Waals surface area (Å²) < 4.78 is 0. The fourth-order valence-corrected chi connectivity index (χ4v) is 1.72. The number of carbonyl (C=O) groups is 1. The molecular formula is C14H23N3O. The standard InChI is InChI=1S/C14H23N3O/c1-15-10-5-11-17(4)14(18)12-6-8-13(9-7-12)16(2)3/h6-9,15H,5,10-11H2,1-4H3. The molecule has 100 valence electrons. The number of nitrogens with one attached hydrogen (secondary N) is 1. The van der Waals surface area contributed by atoms with Gasteiger partial charge in [0.2, 0.25) is 0 Å². The summed E-state index contributed by atoms with van der Waals surface area (Å²) in [6, 6.07) is 7.70. The molecule has 18 heavy (non-hydrogen) atoms. The third-order valence-electron chi connectivity index (χ3n) is 2.90. The van der Waals surface area contributed by atoms with Gasteiger partial charge in [0.15, 0.2) is 0 Å². The molecule has 4 heteroatoms. The van der Waals surface area contributed by atoms with Crippen molar-refractivity contribution in [2.75, 3.05) is 46.2 Å². The molecule has 0 radical (unpaired) electrons. The van der Waals surface area contributed by atoms with E-state index >= 15 is 0 Å². The van der Waals surface area contributed by atoms with Crippen LogP contribution in [0.25, 0.3) is 0 Å². The summed E-state index contributed by atoms with van der Waals surface area (Å²) in [6.07, 6.45) is 0.967. The highest BCUT2D eigenvalue weighted by atomic mass is 16.2. The second kappa shape index (κ2) is 7.01. The van der Waals surface area contributed by atoms with Crippen LogP contribution in [0.4, 0.5) is 5.69 Å². The van der Waals surface area contributed by atoms with Gasteiger partial charge < -0.3 is 15.1 Å². The van der Waals surface area contributed by atoms with E-state index < -0.39 is 0 Å². The van der Waals surface area contributed by atoms with Gasteiger partial charge in [-0.2, -0.15) is 0 Å². The first kappa shape index (κ1) is 14.5. The van der Waals surface area contributed by atoms with Gasteiger partial charge in [-0.3, -0.25) is 4.79 Å². The van der Waals surface area contributed by atoms with E-state index in [1.165, 1.54) is 0 Å². The van der Waals surface area contributed by atoms with E-state index in [9.17, 15) is 4.79 Å². The third-order valence-corrected chi connectivity index (χ3v) is 2.90. The molecule has 0 aliphatic carbocycles. The van der Waals surface area contributed by atoms with E-state index in [1.54, 1.807) is 4.90 Å². The molecule has 1 N–H and O–H groups in total. The van der Waals surface area contributed by atoms with E-state index in [-0.39, 0.29) is 5.91 Å². The average molecular weight is 249 g/mol. The van der Waals surface area contributed by atoms with E-state index in [0.29, 0.717) is 0 Å². The number of nitrogens with zero attached hydrogens (tertiary/aromatic N) is 2. The Kier molecular flexibility index (Phi) is 5.65. The predicted octanol–water partition coefficient (Wildman–Crippen LogP) is 1.43. The smallest absolute Gasteiger partial charge is 0.253 e. The number of benzene rings is 1. The summed E-state index contributed by atoms with van der Waals surface area (Å²) >= 11 is 0. The van der Waals surface area contributed by atoms with Crippen LogP contribution in [-0.2, 0) is 0 Å². The minimum atomic E-state index is 0.0800. The van der Waals surface area contributed by atoms with Gasteiger partial charge in [0.25, 0.3) is 5.91 Å². The van der Waals surface area contributed by atoms with Gasteiger partial charge in [-0.05, 0) is 44.3 Å². The van der Waals surface area contributed by atoms with Crippen LogP contribution in [0.2, 0.25) is 0 Å². The van der Waals surface area contributed by atoms with Gasteiger partial charge in [0.05, 0.1) is 0 Å². The van der Waals surface area contributed by atoms with E-state index in [2.05, 4.69) is 5.32 Å². The molecule has 0 aromatic heterocycles. The quantitative estimate of drug-likeness (QED) is 0.775. The highest BCUT2D eigenvalue weighted by molar-refractivity contribution is 5.94. The molecule has 1 rings (SSSR count). The molecular weight excluding hydrogens is 226 g/mol. The maximum atomic E-state index is 12.1. The molecule has 0 fully saturated rings. The zero-order valence-electron chi connectivity index (χ0n) is 11.7. The molecule has 0 atom stereocenters. The number of anilines is 1. The van der Waals surface area contributed by atoms with Gasteiger partial charge in [0, 0.05) is 38.9 Å². The Morgan fingerprint density at radius 1 is 1.17 bits per heavy atom. The lowest BCUT2D eigenvalue weighted by molar-refractivity contribution is 0.0794. The minimum Gasteiger partial charge on any atom is -0.378 e. The van der Waals surface area contributed by atoms with Crippen molar-refractivity contribution in [1.29, 1.82) is 0 Å². The summed E-state index contributed by atoms with van der Waals surface area (Å²) in [6.45, 7) is 1.70. The summed E-state index contributed by atoms with van der Waals surface area (Å²) in [7, 11) is 7.74. The van der Waals surface area contributed by atoms with E-state index in [4.69, 9.17) is 0 Å². The van der Waals surface area contributed by atoms with Crippen molar-refractivity contribution in [3.63, 3.8) is 0 Å². The molecule has 4 nitrogen and oxygen atoms in total. The fraction of sp³-hybridized carbons (Fsp3) is 0.500. The number of amides is 1. The number of rotatable bonds is 6. The Bertz CT molecular complexity index is 373. The summed E-state index contributed by atoms with van der Waals surface area (Å²) in [5, 5.41) is 3.08. The van der Waals surface area contributed by atoms with Crippen molar-refractivity contribution in [2.24, 2.45) is 0 Å². The molecule has 0 heterocycles. The molecule has 0 saturated carbocycles. The first-order valence-corrected chi connectivity index (χ1v) is 6.23. The monoisotopic (exact) mass is 249 g/mol. The van der Waals surface area contributed by atoms with Crippen LogP contribution in [0, 0.1) is 0 Å². The Morgan fingerprint density at radius 3 is 2.28 bits per heavy atom. The van der Waals surface area contributed by atoms with Gasteiger partial charge in [-0.1, -0.05) is 0 Å². The van der Waals surface area contributed by atoms with Crippen LogP contribution < -0.4 is 10.2 Å². The van der Waals surface area contributed by atoms with Gasteiger partial charge in [-0.15, -0.1) is 0 Å². The van der Waals surface area contributed by atoms with Gasteiger partial charge in [0.1, 0.15) is 0 Å². The zero-order valence-corrected chi connectivity index (χ0v) is 11.7. The van der Waals surface area contributed by atoms with E-state index in [0.717, 1.165) is 30.8 Å². The predicted molar refractivity (Wildman–Crippen MR) is 76.3 cm³/mol. The molecule has 1 aromatic rings. The number of hydrogen-bond acceptors (Lipinski definition) is 3. The second-order valence-electron chi connectivity index (χ2n) is 4.63. The zero-order chi connectivity index (χ0) is 13.5. The Labute approximate surface area is 110 Å². The molecule has 0 aliphatic rings. The van der Waals surface area contributed by atoms with Gasteiger partial charge in [-0.25, -0.2) is 0 Å². The van der Waals surface area contributed by atoms with Crippen molar-refractivity contribution in [2.45, 2.75) is 6.42 Å². The molecule has 0 saturated heterocycles. The first-order chi connectivity index (χ1) is 8.56. The third kappa shape index (κ3) is 4.04. The Balaban J connectivity index is 2.60. The molecule has 1 aromatic carbocycles. The van der Waals surface area contributed by atoms with Crippen LogP contribution in [0.5, 0.6) is 0 Å². The van der Waals surface area contributed by atoms with Crippen LogP contribution in [0.15, 0.2) is 24.3 Å². The SMILES string of the molecule is CNCCCN(C)C(=O)c1ccc(N(C)C)cc1. The molecule has 0 aliphatic heterocycles. The van der Waals surface area contributed by atoms with Crippen LogP contribution >= 0.6 is 0 Å². The van der Waals surface area contributed by atoms with E-state index in [1.807, 2.05) is 57.4 Å². The topological polar surface area (TPSA) is 35.6 Å². The summed E-state index contributed by atoms with van der Waals surface area (Å²) in [5.74, 6) is 0.0800. The largest absolute Gasteiger partial charge is 0.378 e. The van der Waals surface area contributed by atoms with Crippen molar-refractivity contribution in [1.82, 2.24) is 10.2 Å². The van der Waals surface area contributed by atoms with Crippen molar-refractivity contribution in [3.05, 3.63) is 29.8 Å². The lowest BCUT2D eigenvalue weighted by Crippen LogP contribution is -2.29. The fourth-order valence-electron chi connectivity index (χ4n) is 1.72. The van der Waals surface area contributed by atoms with Gasteiger partial charge >= 0.3 is 0 Å². The summed E-state index contributed by atoms with van der Waals surface area (Å²) in [5.41, 5.74) is 1.84. The normalized spacial score (nSPS) is 10.2. The summed E-state index contributed by atoms with van der Waals surface area (Å²) in [4.78, 5) is 15.9. The van der Waals surface area contributed by atoms with Crippen LogP contribution in [0.3, 0.4) is 0 Å². The van der Waals surface area contributed by atoms with Crippen molar-refractivity contribution in [3.8, 4) is 0 Å². The molecule has 1 amide bonds. The lowest BCUT2D eigenvalue weighted by atomic mass is 10.1. The lowest BCUT2D eigenvalue weighted by Gasteiger charge is -2.18. The average Bonchev–Trinajstić information content (AvgIpc) is 2.38. The number of hydrogen-bond donors (Lipinski definition) is 1. The maximum Gasteiger partial charge on any atom is 0.253 e. The number of carbonyl (C=O) groups excluding carboxylic acids is 1. The highest BCUT2D eigenvalue weighted by Gasteiger charge is 2.10. The van der Waals surface area contributed by atoms with Crippen LogP contribution in [-0.4, -0.2) is 52.1 Å². The first-order valence-electron chi connectivity index (χ1n) is 6.23. The molecule has 0 spiro atoms. The van der Waals surface area contributed by atoms with Crippen molar-refractivity contribution < 1.29 is 4.79 Å². The maximum absolute atomic E-state index is 12.1. The second-order valence-corrected chi connectivity index (χ2v) is 4.63. The molecule has 0 bridgehead atoms.